The number of rotatable bonds is 3. The van der Waals surface area contributed by atoms with Gasteiger partial charge in [0.2, 0.25) is 0 Å². The van der Waals surface area contributed by atoms with Gasteiger partial charge in [-0.3, -0.25) is 14.5 Å². The summed E-state index contributed by atoms with van der Waals surface area (Å²) in [6, 6.07) is 5.16. The quantitative estimate of drug-likeness (QED) is 0.759. The second-order valence-electron chi connectivity index (χ2n) is 4.77. The Balaban J connectivity index is 1.97. The highest BCUT2D eigenvalue weighted by Gasteiger charge is 2.24. The molecule has 5 nitrogen and oxygen atoms in total. The minimum atomic E-state index is -0.257. The molecule has 7 heteroatoms. The van der Waals surface area contributed by atoms with Crippen LogP contribution in [0.2, 0.25) is 5.02 Å². The molecule has 1 aliphatic rings. The van der Waals surface area contributed by atoms with Crippen LogP contribution >= 0.6 is 27.5 Å². The summed E-state index contributed by atoms with van der Waals surface area (Å²) in [5.74, 6) is -0.311. The largest absolute Gasteiger partial charge is 0.468 e. The number of piperazine rings is 1. The summed E-state index contributed by atoms with van der Waals surface area (Å²) in [6.45, 7) is 2.72. The van der Waals surface area contributed by atoms with Crippen molar-refractivity contribution < 1.29 is 14.3 Å². The molecule has 0 unspecified atom stereocenters. The zero-order valence-corrected chi connectivity index (χ0v) is 14.0. The Labute approximate surface area is 136 Å². The van der Waals surface area contributed by atoms with Gasteiger partial charge in [-0.1, -0.05) is 11.6 Å². The number of esters is 1. The van der Waals surface area contributed by atoms with Crippen LogP contribution in [-0.2, 0) is 9.53 Å². The second-order valence-corrected chi connectivity index (χ2v) is 6.06. The molecule has 1 aromatic carbocycles. The summed E-state index contributed by atoms with van der Waals surface area (Å²) < 4.78 is 5.37. The molecule has 0 N–H and O–H groups in total. The topological polar surface area (TPSA) is 49.9 Å². The summed E-state index contributed by atoms with van der Waals surface area (Å²) in [7, 11) is 1.37. The smallest absolute Gasteiger partial charge is 0.319 e. The number of ether oxygens (including phenoxy) is 1. The van der Waals surface area contributed by atoms with Gasteiger partial charge < -0.3 is 9.64 Å². The van der Waals surface area contributed by atoms with Gasteiger partial charge >= 0.3 is 5.97 Å². The van der Waals surface area contributed by atoms with E-state index in [0.29, 0.717) is 36.8 Å². The number of halogens is 2. The lowest BCUT2D eigenvalue weighted by molar-refractivity contribution is -0.142. The molecule has 0 bridgehead atoms. The number of carbonyl (C=O) groups excluding carboxylic acids is 2. The SMILES string of the molecule is COC(=O)CN1CCN(C(=O)c2cc(Cl)ccc2Br)CC1. The molecule has 0 spiro atoms. The average Bonchev–Trinajstić information content (AvgIpc) is 2.49. The van der Waals surface area contributed by atoms with Crippen molar-refractivity contribution in [1.29, 1.82) is 0 Å². The van der Waals surface area contributed by atoms with Gasteiger partial charge in [-0.05, 0) is 34.1 Å². The van der Waals surface area contributed by atoms with Gasteiger partial charge in [0.1, 0.15) is 0 Å². The predicted octanol–water partition coefficient (Wildman–Crippen LogP) is 2.03. The van der Waals surface area contributed by atoms with Gasteiger partial charge in [0, 0.05) is 35.7 Å². The first-order valence-electron chi connectivity index (χ1n) is 6.54. The van der Waals surface area contributed by atoms with Crippen LogP contribution in [0.1, 0.15) is 10.4 Å². The summed E-state index contributed by atoms with van der Waals surface area (Å²) in [5, 5.41) is 0.533. The number of methoxy groups -OCH3 is 1. The molecule has 1 saturated heterocycles. The van der Waals surface area contributed by atoms with Crippen molar-refractivity contribution in [2.45, 2.75) is 0 Å². The molecule has 0 atom stereocenters. The minimum absolute atomic E-state index is 0.0536. The predicted molar refractivity (Wildman–Crippen MR) is 83.5 cm³/mol. The van der Waals surface area contributed by atoms with Crippen molar-refractivity contribution in [2.75, 3.05) is 39.8 Å². The van der Waals surface area contributed by atoms with E-state index in [1.165, 1.54) is 7.11 Å². The Kier molecular flexibility index (Phi) is 5.61. The third-order valence-corrected chi connectivity index (χ3v) is 4.33. The summed E-state index contributed by atoms with van der Waals surface area (Å²) >= 11 is 9.32. The first-order chi connectivity index (χ1) is 10.0. The van der Waals surface area contributed by atoms with Crippen LogP contribution in [0.25, 0.3) is 0 Å². The van der Waals surface area contributed by atoms with Gasteiger partial charge in [0.25, 0.3) is 5.91 Å². The van der Waals surface area contributed by atoms with E-state index in [-0.39, 0.29) is 18.4 Å². The van der Waals surface area contributed by atoms with E-state index in [1.807, 2.05) is 4.90 Å². The third kappa shape index (κ3) is 4.18. The molecule has 1 heterocycles. The van der Waals surface area contributed by atoms with Crippen LogP contribution in [0, 0.1) is 0 Å². The molecule has 1 aromatic rings. The first-order valence-corrected chi connectivity index (χ1v) is 7.72. The van der Waals surface area contributed by atoms with Crippen molar-refractivity contribution in [3.63, 3.8) is 0 Å². The molecule has 1 amide bonds. The fourth-order valence-corrected chi connectivity index (χ4v) is 2.78. The molecule has 0 aliphatic carbocycles. The van der Waals surface area contributed by atoms with Crippen molar-refractivity contribution in [3.05, 3.63) is 33.3 Å². The van der Waals surface area contributed by atoms with Crippen LogP contribution in [0.15, 0.2) is 22.7 Å². The second kappa shape index (κ2) is 7.24. The molecule has 114 valence electrons. The Hall–Kier alpha value is -1.11. The van der Waals surface area contributed by atoms with Gasteiger partial charge in [-0.2, -0.15) is 0 Å². The Morgan fingerprint density at radius 3 is 2.57 bits per heavy atom. The maximum absolute atomic E-state index is 12.5. The molecule has 1 aliphatic heterocycles. The van der Waals surface area contributed by atoms with Crippen LogP contribution in [-0.4, -0.2) is 61.5 Å². The molecule has 0 aromatic heterocycles. The number of hydrogen-bond donors (Lipinski definition) is 0. The molecule has 0 radical (unpaired) electrons. The van der Waals surface area contributed by atoms with Gasteiger partial charge in [-0.25, -0.2) is 0 Å². The number of hydrogen-bond acceptors (Lipinski definition) is 4. The van der Waals surface area contributed by atoms with E-state index < -0.39 is 0 Å². The lowest BCUT2D eigenvalue weighted by Gasteiger charge is -2.34. The minimum Gasteiger partial charge on any atom is -0.468 e. The standard InChI is InChI=1S/C14H16BrClN2O3/c1-21-13(19)9-17-4-6-18(7-5-17)14(20)11-8-10(16)2-3-12(11)15/h2-3,8H,4-7,9H2,1H3. The molecule has 2 rings (SSSR count). The molecule has 21 heavy (non-hydrogen) atoms. The zero-order valence-electron chi connectivity index (χ0n) is 11.6. The van der Waals surface area contributed by atoms with Gasteiger partial charge in [-0.15, -0.1) is 0 Å². The lowest BCUT2D eigenvalue weighted by atomic mass is 10.2. The highest BCUT2D eigenvalue weighted by Crippen LogP contribution is 2.23. The van der Waals surface area contributed by atoms with Crippen molar-refractivity contribution in [3.8, 4) is 0 Å². The van der Waals surface area contributed by atoms with Crippen molar-refractivity contribution >= 4 is 39.4 Å². The molecule has 1 fully saturated rings. The lowest BCUT2D eigenvalue weighted by Crippen LogP contribution is -2.50. The van der Waals surface area contributed by atoms with E-state index >= 15 is 0 Å². The van der Waals surface area contributed by atoms with E-state index in [4.69, 9.17) is 11.6 Å². The fourth-order valence-electron chi connectivity index (χ4n) is 2.19. The summed E-state index contributed by atoms with van der Waals surface area (Å²) in [5.41, 5.74) is 0.559. The van der Waals surface area contributed by atoms with E-state index in [0.717, 1.165) is 4.47 Å². The normalized spacial score (nSPS) is 15.9. The Morgan fingerprint density at radius 2 is 1.95 bits per heavy atom. The maximum atomic E-state index is 12.5. The van der Waals surface area contributed by atoms with Gasteiger partial charge in [0.15, 0.2) is 0 Å². The highest BCUT2D eigenvalue weighted by molar-refractivity contribution is 9.10. The average molecular weight is 376 g/mol. The highest BCUT2D eigenvalue weighted by atomic mass is 79.9. The van der Waals surface area contributed by atoms with Crippen LogP contribution in [0.3, 0.4) is 0 Å². The third-order valence-electron chi connectivity index (χ3n) is 3.40. The first kappa shape index (κ1) is 16.3. The molecule has 0 saturated carbocycles. The number of benzene rings is 1. The summed E-state index contributed by atoms with van der Waals surface area (Å²) in [6.07, 6.45) is 0. The van der Waals surface area contributed by atoms with Crippen LogP contribution in [0.5, 0.6) is 0 Å². The van der Waals surface area contributed by atoms with Crippen LogP contribution in [0.4, 0.5) is 0 Å². The molecular formula is C14H16BrClN2O3. The van der Waals surface area contributed by atoms with Crippen molar-refractivity contribution in [2.24, 2.45) is 0 Å². The number of amides is 1. The van der Waals surface area contributed by atoms with Crippen molar-refractivity contribution in [1.82, 2.24) is 9.80 Å². The van der Waals surface area contributed by atoms with E-state index in [9.17, 15) is 9.59 Å². The van der Waals surface area contributed by atoms with Crippen LogP contribution < -0.4 is 0 Å². The molecular weight excluding hydrogens is 360 g/mol. The zero-order chi connectivity index (χ0) is 15.4. The monoisotopic (exact) mass is 374 g/mol. The fraction of sp³-hybridized carbons (Fsp3) is 0.429. The number of nitrogens with zero attached hydrogens (tertiary/aromatic N) is 2. The van der Waals surface area contributed by atoms with E-state index in [2.05, 4.69) is 20.7 Å². The number of carbonyl (C=O) groups is 2. The summed E-state index contributed by atoms with van der Waals surface area (Å²) in [4.78, 5) is 27.5. The van der Waals surface area contributed by atoms with Gasteiger partial charge in [0.05, 0.1) is 19.2 Å². The van der Waals surface area contributed by atoms with E-state index in [1.54, 1.807) is 23.1 Å². The Morgan fingerprint density at radius 1 is 1.29 bits per heavy atom. The maximum Gasteiger partial charge on any atom is 0.319 e. The Bertz CT molecular complexity index is 545.